The van der Waals surface area contributed by atoms with Gasteiger partial charge in [-0.3, -0.25) is 0 Å². The molecule has 3 aromatic rings. The first kappa shape index (κ1) is 12.9. The van der Waals surface area contributed by atoms with Crippen LogP contribution in [0.1, 0.15) is 0 Å². The Labute approximate surface area is 116 Å². The lowest BCUT2D eigenvalue weighted by molar-refractivity contribution is 0.547. The molecule has 0 N–H and O–H groups in total. The van der Waals surface area contributed by atoms with Gasteiger partial charge in [-0.15, -0.1) is 10.2 Å². The zero-order chi connectivity index (χ0) is 14.3. The van der Waals surface area contributed by atoms with E-state index in [0.717, 1.165) is 0 Å². The second-order valence-corrected chi connectivity index (χ2v) is 4.49. The van der Waals surface area contributed by atoms with E-state index in [0.29, 0.717) is 22.9 Å². The number of halogens is 4. The first-order valence-electron chi connectivity index (χ1n) is 5.64. The average molecular weight is 295 g/mol. The molecule has 0 amide bonds. The van der Waals surface area contributed by atoms with Gasteiger partial charge in [0, 0.05) is 22.9 Å². The van der Waals surface area contributed by atoms with Crippen molar-refractivity contribution in [3.05, 3.63) is 59.0 Å². The summed E-state index contributed by atoms with van der Waals surface area (Å²) in [5, 5.41) is 8.51. The summed E-state index contributed by atoms with van der Waals surface area (Å²) in [6.45, 7) is 0. The summed E-state index contributed by atoms with van der Waals surface area (Å²) in [5.74, 6) is -3.07. The Bertz CT molecular complexity index is 798. The highest BCUT2D eigenvalue weighted by Crippen LogP contribution is 2.32. The summed E-state index contributed by atoms with van der Waals surface area (Å²) in [7, 11) is 0. The molecule has 0 aliphatic heterocycles. The lowest BCUT2D eigenvalue weighted by Gasteiger charge is -2.08. The van der Waals surface area contributed by atoms with Crippen LogP contribution in [-0.2, 0) is 0 Å². The van der Waals surface area contributed by atoms with Crippen molar-refractivity contribution in [2.45, 2.75) is 0 Å². The van der Waals surface area contributed by atoms with Crippen LogP contribution in [0, 0.1) is 17.5 Å². The highest BCUT2D eigenvalue weighted by atomic mass is 35.5. The van der Waals surface area contributed by atoms with Gasteiger partial charge >= 0.3 is 0 Å². The van der Waals surface area contributed by atoms with Crippen LogP contribution in [0.15, 0.2) is 36.4 Å². The Balaban J connectivity index is 2.39. The second-order valence-electron chi connectivity index (χ2n) is 4.13. The summed E-state index contributed by atoms with van der Waals surface area (Å²) >= 11 is 5.90. The molecule has 3 rings (SSSR count). The molecule has 0 fully saturated rings. The molecule has 1 heterocycles. The van der Waals surface area contributed by atoms with Crippen molar-refractivity contribution in [2.24, 2.45) is 0 Å². The van der Waals surface area contributed by atoms with Gasteiger partial charge in [-0.2, -0.15) is 0 Å². The molecule has 6 heteroatoms. The second kappa shape index (κ2) is 4.76. The van der Waals surface area contributed by atoms with E-state index in [-0.39, 0.29) is 10.8 Å². The molecule has 0 spiro atoms. The smallest absolute Gasteiger partial charge is 0.159 e. The molecular formula is C14H6ClF3N2. The van der Waals surface area contributed by atoms with Crippen LogP contribution in [0.3, 0.4) is 0 Å². The molecule has 0 aliphatic carbocycles. The molecule has 1 aromatic heterocycles. The standard InChI is InChI=1S/C14H6ClF3N2/c15-14-9-4-2-1-3-8(9)13(19-20-14)12-10(17)5-7(16)6-11(12)18/h1-6H. The van der Waals surface area contributed by atoms with Gasteiger partial charge in [0.05, 0.1) is 5.56 Å². The Kier molecular flexibility index (Phi) is 3.06. The monoisotopic (exact) mass is 294 g/mol. The predicted octanol–water partition coefficient (Wildman–Crippen LogP) is 4.37. The van der Waals surface area contributed by atoms with Crippen LogP contribution < -0.4 is 0 Å². The lowest BCUT2D eigenvalue weighted by Crippen LogP contribution is -1.98. The maximum absolute atomic E-state index is 13.8. The molecule has 2 aromatic carbocycles. The first-order chi connectivity index (χ1) is 9.58. The number of fused-ring (bicyclic) bond motifs is 1. The van der Waals surface area contributed by atoms with Crippen molar-refractivity contribution in [1.82, 2.24) is 10.2 Å². The van der Waals surface area contributed by atoms with Crippen molar-refractivity contribution in [2.75, 3.05) is 0 Å². The minimum absolute atomic E-state index is 0.0139. The van der Waals surface area contributed by atoms with Crippen LogP contribution in [0.5, 0.6) is 0 Å². The molecule has 0 saturated heterocycles. The Morgan fingerprint density at radius 3 is 2.10 bits per heavy atom. The lowest BCUT2D eigenvalue weighted by atomic mass is 10.0. The van der Waals surface area contributed by atoms with E-state index in [4.69, 9.17) is 11.6 Å². The summed E-state index contributed by atoms with van der Waals surface area (Å²) in [6, 6.07) is 7.88. The Morgan fingerprint density at radius 2 is 1.45 bits per heavy atom. The van der Waals surface area contributed by atoms with Crippen LogP contribution in [0.25, 0.3) is 22.0 Å². The number of benzene rings is 2. The van der Waals surface area contributed by atoms with Crippen molar-refractivity contribution in [3.63, 3.8) is 0 Å². The average Bonchev–Trinajstić information content (AvgIpc) is 2.40. The van der Waals surface area contributed by atoms with E-state index in [1.165, 1.54) is 0 Å². The fourth-order valence-corrected chi connectivity index (χ4v) is 2.23. The third-order valence-corrected chi connectivity index (χ3v) is 3.17. The highest BCUT2D eigenvalue weighted by molar-refractivity contribution is 6.34. The molecule has 0 radical (unpaired) electrons. The minimum Gasteiger partial charge on any atom is -0.207 e. The largest absolute Gasteiger partial charge is 0.207 e. The van der Waals surface area contributed by atoms with Crippen LogP contribution in [0.2, 0.25) is 5.15 Å². The van der Waals surface area contributed by atoms with Gasteiger partial charge in [-0.25, -0.2) is 13.2 Å². The Morgan fingerprint density at radius 1 is 0.850 bits per heavy atom. The number of nitrogens with zero attached hydrogens (tertiary/aromatic N) is 2. The molecule has 0 unspecified atom stereocenters. The van der Waals surface area contributed by atoms with Gasteiger partial charge in [-0.05, 0) is 0 Å². The third-order valence-electron chi connectivity index (χ3n) is 2.89. The molecule has 0 aliphatic rings. The van der Waals surface area contributed by atoms with Gasteiger partial charge in [0.25, 0.3) is 0 Å². The highest BCUT2D eigenvalue weighted by Gasteiger charge is 2.18. The summed E-state index contributed by atoms with van der Waals surface area (Å²) < 4.78 is 40.7. The Hall–Kier alpha value is -2.14. The van der Waals surface area contributed by atoms with Crippen molar-refractivity contribution in [1.29, 1.82) is 0 Å². The molecular weight excluding hydrogens is 289 g/mol. The molecule has 0 saturated carbocycles. The van der Waals surface area contributed by atoms with Gasteiger partial charge in [-0.1, -0.05) is 35.9 Å². The first-order valence-corrected chi connectivity index (χ1v) is 6.01. The fourth-order valence-electron chi connectivity index (χ4n) is 2.02. The van der Waals surface area contributed by atoms with Crippen molar-refractivity contribution >= 4 is 22.4 Å². The SMILES string of the molecule is Fc1cc(F)c(-c2nnc(Cl)c3ccccc23)c(F)c1. The van der Waals surface area contributed by atoms with Gasteiger partial charge < -0.3 is 0 Å². The zero-order valence-electron chi connectivity index (χ0n) is 9.87. The minimum atomic E-state index is -1.04. The number of rotatable bonds is 1. The van der Waals surface area contributed by atoms with Crippen LogP contribution in [0.4, 0.5) is 13.2 Å². The van der Waals surface area contributed by atoms with Gasteiger partial charge in [0.2, 0.25) is 0 Å². The molecule has 0 bridgehead atoms. The van der Waals surface area contributed by atoms with Gasteiger partial charge in [0.1, 0.15) is 23.1 Å². The van der Waals surface area contributed by atoms with Crippen LogP contribution in [-0.4, -0.2) is 10.2 Å². The molecule has 2 nitrogen and oxygen atoms in total. The third kappa shape index (κ3) is 2.00. The fraction of sp³-hybridized carbons (Fsp3) is 0. The van der Waals surface area contributed by atoms with E-state index in [1.807, 2.05) is 0 Å². The maximum atomic E-state index is 13.8. The van der Waals surface area contributed by atoms with Crippen molar-refractivity contribution in [3.8, 4) is 11.3 Å². The summed E-state index contributed by atoms with van der Waals surface area (Å²) in [5.41, 5.74) is -0.438. The normalized spacial score (nSPS) is 11.0. The quantitative estimate of drug-likeness (QED) is 0.666. The van der Waals surface area contributed by atoms with E-state index >= 15 is 0 Å². The molecule has 0 atom stereocenters. The van der Waals surface area contributed by atoms with Gasteiger partial charge in [0.15, 0.2) is 5.15 Å². The number of aromatic nitrogens is 2. The van der Waals surface area contributed by atoms with Crippen LogP contribution >= 0.6 is 11.6 Å². The van der Waals surface area contributed by atoms with E-state index < -0.39 is 23.0 Å². The zero-order valence-corrected chi connectivity index (χ0v) is 10.6. The summed E-state index contributed by atoms with van der Waals surface area (Å²) in [6.07, 6.45) is 0. The van der Waals surface area contributed by atoms with Crippen molar-refractivity contribution < 1.29 is 13.2 Å². The topological polar surface area (TPSA) is 25.8 Å². The van der Waals surface area contributed by atoms with E-state index in [1.54, 1.807) is 24.3 Å². The van der Waals surface area contributed by atoms with E-state index in [9.17, 15) is 13.2 Å². The van der Waals surface area contributed by atoms with E-state index in [2.05, 4.69) is 10.2 Å². The summed E-state index contributed by atoms with van der Waals surface area (Å²) in [4.78, 5) is 0. The number of hydrogen-bond acceptors (Lipinski definition) is 2. The molecule has 100 valence electrons. The maximum Gasteiger partial charge on any atom is 0.159 e. The molecule has 20 heavy (non-hydrogen) atoms. The predicted molar refractivity (Wildman–Crippen MR) is 69.9 cm³/mol. The number of hydrogen-bond donors (Lipinski definition) is 0.